The minimum atomic E-state index is 0.926. The standard InChI is InChI=1S/C15H21N3/c1-4-5-8-16-15-17-9-10-18(15)14-7-6-12(2)11-13(14)3/h6-7,9-11H,4-5,8H2,1-3H3,(H,16,17). The SMILES string of the molecule is CCCCNc1nccn1-c1ccc(C)cc1C. The van der Waals surface area contributed by atoms with Gasteiger partial charge in [0.25, 0.3) is 0 Å². The van der Waals surface area contributed by atoms with E-state index in [0.717, 1.165) is 12.5 Å². The second kappa shape index (κ2) is 5.71. The van der Waals surface area contributed by atoms with Gasteiger partial charge in [-0.15, -0.1) is 0 Å². The van der Waals surface area contributed by atoms with Crippen LogP contribution in [0.1, 0.15) is 30.9 Å². The van der Waals surface area contributed by atoms with Gasteiger partial charge in [-0.05, 0) is 31.9 Å². The summed E-state index contributed by atoms with van der Waals surface area (Å²) in [6, 6.07) is 6.49. The number of unbranched alkanes of at least 4 members (excludes halogenated alkanes) is 1. The van der Waals surface area contributed by atoms with Crippen molar-refractivity contribution in [2.45, 2.75) is 33.6 Å². The molecule has 18 heavy (non-hydrogen) atoms. The van der Waals surface area contributed by atoms with Crippen LogP contribution in [0, 0.1) is 13.8 Å². The lowest BCUT2D eigenvalue weighted by Crippen LogP contribution is -2.08. The number of nitrogens with zero attached hydrogens (tertiary/aromatic N) is 2. The molecule has 0 unspecified atom stereocenters. The van der Waals surface area contributed by atoms with Crippen LogP contribution in [0.25, 0.3) is 5.69 Å². The molecule has 0 atom stereocenters. The topological polar surface area (TPSA) is 29.9 Å². The fourth-order valence-corrected chi connectivity index (χ4v) is 2.08. The van der Waals surface area contributed by atoms with Gasteiger partial charge in [0, 0.05) is 18.9 Å². The molecule has 96 valence electrons. The van der Waals surface area contributed by atoms with E-state index in [1.807, 2.05) is 12.4 Å². The van der Waals surface area contributed by atoms with Crippen LogP contribution in [0.15, 0.2) is 30.6 Å². The number of imidazole rings is 1. The quantitative estimate of drug-likeness (QED) is 0.811. The fraction of sp³-hybridized carbons (Fsp3) is 0.400. The molecule has 1 aromatic carbocycles. The molecule has 0 amide bonds. The molecule has 2 rings (SSSR count). The predicted octanol–water partition coefficient (Wildman–Crippen LogP) is 3.70. The predicted molar refractivity (Wildman–Crippen MR) is 76.4 cm³/mol. The van der Waals surface area contributed by atoms with E-state index in [0.29, 0.717) is 0 Å². The Balaban J connectivity index is 2.25. The van der Waals surface area contributed by atoms with Crippen LogP contribution >= 0.6 is 0 Å². The molecule has 0 radical (unpaired) electrons. The number of hydrogen-bond acceptors (Lipinski definition) is 2. The van der Waals surface area contributed by atoms with Crippen LogP contribution < -0.4 is 5.32 Å². The second-order valence-electron chi connectivity index (χ2n) is 4.69. The highest BCUT2D eigenvalue weighted by Crippen LogP contribution is 2.19. The number of anilines is 1. The van der Waals surface area contributed by atoms with Gasteiger partial charge >= 0.3 is 0 Å². The van der Waals surface area contributed by atoms with Crippen molar-refractivity contribution in [3.63, 3.8) is 0 Å². The summed E-state index contributed by atoms with van der Waals surface area (Å²) in [5, 5.41) is 3.39. The third-order valence-corrected chi connectivity index (χ3v) is 3.07. The molecule has 1 N–H and O–H groups in total. The molecule has 1 heterocycles. The van der Waals surface area contributed by atoms with Crippen molar-refractivity contribution < 1.29 is 0 Å². The Morgan fingerprint density at radius 3 is 2.83 bits per heavy atom. The number of hydrogen-bond donors (Lipinski definition) is 1. The first-order chi connectivity index (χ1) is 8.72. The van der Waals surface area contributed by atoms with Crippen molar-refractivity contribution >= 4 is 5.95 Å². The van der Waals surface area contributed by atoms with Gasteiger partial charge in [0.05, 0.1) is 5.69 Å². The van der Waals surface area contributed by atoms with Crippen molar-refractivity contribution in [3.05, 3.63) is 41.7 Å². The lowest BCUT2D eigenvalue weighted by Gasteiger charge is -2.12. The van der Waals surface area contributed by atoms with Crippen LogP contribution in [0.4, 0.5) is 5.95 Å². The van der Waals surface area contributed by atoms with E-state index in [-0.39, 0.29) is 0 Å². The minimum Gasteiger partial charge on any atom is -0.355 e. The zero-order chi connectivity index (χ0) is 13.0. The maximum Gasteiger partial charge on any atom is 0.207 e. The largest absolute Gasteiger partial charge is 0.355 e. The first kappa shape index (κ1) is 12.7. The van der Waals surface area contributed by atoms with Crippen molar-refractivity contribution in [2.24, 2.45) is 0 Å². The van der Waals surface area contributed by atoms with E-state index >= 15 is 0 Å². The molecule has 0 saturated carbocycles. The average molecular weight is 243 g/mol. The Morgan fingerprint density at radius 1 is 1.28 bits per heavy atom. The summed E-state index contributed by atoms with van der Waals surface area (Å²) in [6.45, 7) is 7.42. The van der Waals surface area contributed by atoms with Crippen LogP contribution in [0.3, 0.4) is 0 Å². The number of nitrogens with one attached hydrogen (secondary N) is 1. The lowest BCUT2D eigenvalue weighted by atomic mass is 10.1. The van der Waals surface area contributed by atoms with Crippen LogP contribution in [0.2, 0.25) is 0 Å². The Morgan fingerprint density at radius 2 is 2.11 bits per heavy atom. The summed E-state index contributed by atoms with van der Waals surface area (Å²) in [4.78, 5) is 4.38. The normalized spacial score (nSPS) is 10.6. The summed E-state index contributed by atoms with van der Waals surface area (Å²) < 4.78 is 2.12. The summed E-state index contributed by atoms with van der Waals surface area (Å²) in [5.74, 6) is 0.926. The molecule has 0 saturated heterocycles. The molecule has 3 heteroatoms. The summed E-state index contributed by atoms with van der Waals surface area (Å²) >= 11 is 0. The van der Waals surface area contributed by atoms with E-state index in [2.05, 4.69) is 53.8 Å². The van der Waals surface area contributed by atoms with Gasteiger partial charge < -0.3 is 5.32 Å². The number of aromatic nitrogens is 2. The maximum atomic E-state index is 4.38. The zero-order valence-corrected chi connectivity index (χ0v) is 11.4. The smallest absolute Gasteiger partial charge is 0.207 e. The molecule has 0 bridgehead atoms. The van der Waals surface area contributed by atoms with Crippen molar-refractivity contribution in [1.82, 2.24) is 9.55 Å². The molecule has 0 aliphatic carbocycles. The van der Waals surface area contributed by atoms with Crippen molar-refractivity contribution in [1.29, 1.82) is 0 Å². The van der Waals surface area contributed by atoms with Gasteiger partial charge in [-0.2, -0.15) is 0 Å². The summed E-state index contributed by atoms with van der Waals surface area (Å²) in [6.07, 6.45) is 6.20. The molecular formula is C15H21N3. The van der Waals surface area contributed by atoms with Gasteiger partial charge in [-0.3, -0.25) is 4.57 Å². The molecule has 1 aromatic heterocycles. The van der Waals surface area contributed by atoms with E-state index in [9.17, 15) is 0 Å². The third kappa shape index (κ3) is 2.73. The second-order valence-corrected chi connectivity index (χ2v) is 4.69. The maximum absolute atomic E-state index is 4.38. The minimum absolute atomic E-state index is 0.926. The highest BCUT2D eigenvalue weighted by molar-refractivity contribution is 5.48. The first-order valence-corrected chi connectivity index (χ1v) is 6.57. The Labute approximate surface area is 109 Å². The van der Waals surface area contributed by atoms with Gasteiger partial charge in [-0.1, -0.05) is 31.0 Å². The van der Waals surface area contributed by atoms with Crippen LogP contribution in [0.5, 0.6) is 0 Å². The fourth-order valence-electron chi connectivity index (χ4n) is 2.08. The summed E-state index contributed by atoms with van der Waals surface area (Å²) in [5.41, 5.74) is 3.75. The van der Waals surface area contributed by atoms with Gasteiger partial charge in [0.1, 0.15) is 0 Å². The molecular weight excluding hydrogens is 222 g/mol. The molecule has 0 fully saturated rings. The molecule has 0 aliphatic rings. The highest BCUT2D eigenvalue weighted by atomic mass is 15.2. The Kier molecular flexibility index (Phi) is 4.03. The van der Waals surface area contributed by atoms with Crippen molar-refractivity contribution in [2.75, 3.05) is 11.9 Å². The number of rotatable bonds is 5. The third-order valence-electron chi connectivity index (χ3n) is 3.07. The zero-order valence-electron chi connectivity index (χ0n) is 11.4. The van der Waals surface area contributed by atoms with Crippen LogP contribution in [-0.4, -0.2) is 16.1 Å². The van der Waals surface area contributed by atoms with Gasteiger partial charge in [-0.25, -0.2) is 4.98 Å². The Bertz CT molecular complexity index is 514. The average Bonchev–Trinajstić information content (AvgIpc) is 2.78. The molecule has 2 aromatic rings. The number of benzene rings is 1. The Hall–Kier alpha value is -1.77. The van der Waals surface area contributed by atoms with Crippen molar-refractivity contribution in [3.8, 4) is 5.69 Å². The molecule has 0 aliphatic heterocycles. The van der Waals surface area contributed by atoms with Gasteiger partial charge in [0.2, 0.25) is 5.95 Å². The van der Waals surface area contributed by atoms with E-state index < -0.39 is 0 Å². The molecule has 0 spiro atoms. The lowest BCUT2D eigenvalue weighted by molar-refractivity contribution is 0.822. The van der Waals surface area contributed by atoms with E-state index in [1.54, 1.807) is 0 Å². The highest BCUT2D eigenvalue weighted by Gasteiger charge is 2.06. The number of aryl methyl sites for hydroxylation is 2. The summed E-state index contributed by atoms with van der Waals surface area (Å²) in [7, 11) is 0. The van der Waals surface area contributed by atoms with E-state index in [4.69, 9.17) is 0 Å². The van der Waals surface area contributed by atoms with E-state index in [1.165, 1.54) is 29.7 Å². The first-order valence-electron chi connectivity index (χ1n) is 6.57. The monoisotopic (exact) mass is 243 g/mol. The van der Waals surface area contributed by atoms with Gasteiger partial charge in [0.15, 0.2) is 0 Å². The van der Waals surface area contributed by atoms with Crippen LogP contribution in [-0.2, 0) is 0 Å². The molecule has 3 nitrogen and oxygen atoms in total.